The van der Waals surface area contributed by atoms with Crippen LogP contribution in [0.25, 0.3) is 0 Å². The molecule has 17 heavy (non-hydrogen) atoms. The third-order valence-corrected chi connectivity index (χ3v) is 3.77. The van der Waals surface area contributed by atoms with Crippen molar-refractivity contribution in [2.45, 2.75) is 25.2 Å². The van der Waals surface area contributed by atoms with Crippen molar-refractivity contribution in [2.75, 3.05) is 25.0 Å². The van der Waals surface area contributed by atoms with E-state index in [0.29, 0.717) is 5.92 Å². The lowest BCUT2D eigenvalue weighted by molar-refractivity contribution is 0.264. The standard InChI is InChI=1S/C14H20BrNO/c15-8-3-4-9-16-11-12-7-10-17-14-6-2-1-5-13(12)14/h1-2,5-6,12,16H,3-4,7-11H2. The van der Waals surface area contributed by atoms with E-state index in [1.807, 2.05) is 6.07 Å². The molecule has 1 aliphatic rings. The molecule has 0 aromatic heterocycles. The van der Waals surface area contributed by atoms with Crippen LogP contribution in [-0.2, 0) is 0 Å². The van der Waals surface area contributed by atoms with Crippen molar-refractivity contribution >= 4 is 15.9 Å². The average Bonchev–Trinajstić information content (AvgIpc) is 2.39. The minimum absolute atomic E-state index is 0.615. The molecule has 2 rings (SSSR count). The van der Waals surface area contributed by atoms with Gasteiger partial charge in [-0.1, -0.05) is 34.1 Å². The van der Waals surface area contributed by atoms with Crippen molar-refractivity contribution in [2.24, 2.45) is 0 Å². The minimum Gasteiger partial charge on any atom is -0.493 e. The molecule has 0 aliphatic carbocycles. The zero-order valence-corrected chi connectivity index (χ0v) is 11.7. The number of alkyl halides is 1. The molecule has 0 fully saturated rings. The highest BCUT2D eigenvalue weighted by Crippen LogP contribution is 2.32. The first-order chi connectivity index (χ1) is 8.42. The van der Waals surface area contributed by atoms with Gasteiger partial charge in [-0.2, -0.15) is 0 Å². The Balaban J connectivity index is 1.82. The maximum Gasteiger partial charge on any atom is 0.122 e. The highest BCUT2D eigenvalue weighted by Gasteiger charge is 2.20. The van der Waals surface area contributed by atoms with E-state index in [2.05, 4.69) is 39.4 Å². The summed E-state index contributed by atoms with van der Waals surface area (Å²) in [7, 11) is 0. The number of ether oxygens (including phenoxy) is 1. The molecule has 2 nitrogen and oxygen atoms in total. The van der Waals surface area contributed by atoms with Gasteiger partial charge >= 0.3 is 0 Å². The molecule has 1 heterocycles. The van der Waals surface area contributed by atoms with Crippen LogP contribution >= 0.6 is 15.9 Å². The summed E-state index contributed by atoms with van der Waals surface area (Å²) in [4.78, 5) is 0. The van der Waals surface area contributed by atoms with Crippen LogP contribution in [0.3, 0.4) is 0 Å². The minimum atomic E-state index is 0.615. The van der Waals surface area contributed by atoms with Crippen LogP contribution in [0.1, 0.15) is 30.7 Å². The highest BCUT2D eigenvalue weighted by molar-refractivity contribution is 9.09. The Labute approximate surface area is 112 Å². The Kier molecular flexibility index (Phi) is 5.33. The fourth-order valence-electron chi connectivity index (χ4n) is 2.25. The lowest BCUT2D eigenvalue weighted by Gasteiger charge is -2.26. The highest BCUT2D eigenvalue weighted by atomic mass is 79.9. The monoisotopic (exact) mass is 297 g/mol. The molecule has 3 heteroatoms. The summed E-state index contributed by atoms with van der Waals surface area (Å²) >= 11 is 3.46. The van der Waals surface area contributed by atoms with E-state index in [1.165, 1.54) is 18.4 Å². The van der Waals surface area contributed by atoms with Crippen LogP contribution in [0.4, 0.5) is 0 Å². The maximum atomic E-state index is 5.66. The molecule has 0 radical (unpaired) electrons. The van der Waals surface area contributed by atoms with Crippen LogP contribution in [0.15, 0.2) is 24.3 Å². The maximum absolute atomic E-state index is 5.66. The molecule has 1 atom stereocenters. The van der Waals surface area contributed by atoms with Crippen molar-refractivity contribution < 1.29 is 4.74 Å². The molecule has 94 valence electrons. The van der Waals surface area contributed by atoms with E-state index in [9.17, 15) is 0 Å². The molecule has 1 aliphatic heterocycles. The van der Waals surface area contributed by atoms with Gasteiger partial charge in [0.25, 0.3) is 0 Å². The number of hydrogen-bond donors (Lipinski definition) is 1. The molecule has 0 saturated heterocycles. The summed E-state index contributed by atoms with van der Waals surface area (Å²) in [6, 6.07) is 8.42. The first-order valence-corrected chi connectivity index (χ1v) is 7.52. The number of unbranched alkanes of at least 4 members (excludes halogenated alkanes) is 1. The quantitative estimate of drug-likeness (QED) is 0.642. The molecule has 1 aromatic rings. The topological polar surface area (TPSA) is 21.3 Å². The molecule has 0 bridgehead atoms. The first-order valence-electron chi connectivity index (χ1n) is 6.40. The molecular weight excluding hydrogens is 278 g/mol. The van der Waals surface area contributed by atoms with E-state index in [1.54, 1.807) is 0 Å². The predicted octanol–water partition coefficient (Wildman–Crippen LogP) is 3.32. The number of para-hydroxylation sites is 1. The Hall–Kier alpha value is -0.540. The van der Waals surface area contributed by atoms with Crippen molar-refractivity contribution in [1.29, 1.82) is 0 Å². The van der Waals surface area contributed by atoms with Gasteiger partial charge in [-0.3, -0.25) is 0 Å². The summed E-state index contributed by atoms with van der Waals surface area (Å²) in [6.07, 6.45) is 3.62. The normalized spacial score (nSPS) is 18.5. The summed E-state index contributed by atoms with van der Waals surface area (Å²) < 4.78 is 5.66. The lowest BCUT2D eigenvalue weighted by Crippen LogP contribution is -2.26. The van der Waals surface area contributed by atoms with E-state index >= 15 is 0 Å². The van der Waals surface area contributed by atoms with Crippen molar-refractivity contribution in [1.82, 2.24) is 5.32 Å². The Morgan fingerprint density at radius 3 is 3.06 bits per heavy atom. The Bertz CT molecular complexity index is 343. The molecular formula is C14H20BrNO. The van der Waals surface area contributed by atoms with Gasteiger partial charge in [-0.25, -0.2) is 0 Å². The zero-order valence-electron chi connectivity index (χ0n) is 10.1. The van der Waals surface area contributed by atoms with Gasteiger partial charge in [0.15, 0.2) is 0 Å². The zero-order chi connectivity index (χ0) is 11.9. The second-order valence-electron chi connectivity index (χ2n) is 4.47. The SMILES string of the molecule is BrCCCCNCC1CCOc2ccccc21. The molecule has 1 N–H and O–H groups in total. The third kappa shape index (κ3) is 3.71. The summed E-state index contributed by atoms with van der Waals surface area (Å²) in [5.41, 5.74) is 1.37. The van der Waals surface area contributed by atoms with Gasteiger partial charge < -0.3 is 10.1 Å². The van der Waals surface area contributed by atoms with E-state index in [0.717, 1.165) is 37.2 Å². The van der Waals surface area contributed by atoms with Crippen LogP contribution < -0.4 is 10.1 Å². The molecule has 0 amide bonds. The second-order valence-corrected chi connectivity index (χ2v) is 5.27. The van der Waals surface area contributed by atoms with Gasteiger partial charge in [0.2, 0.25) is 0 Å². The Morgan fingerprint density at radius 2 is 2.18 bits per heavy atom. The smallest absolute Gasteiger partial charge is 0.122 e. The summed E-state index contributed by atoms with van der Waals surface area (Å²) in [6.45, 7) is 3.04. The number of halogens is 1. The number of rotatable bonds is 6. The third-order valence-electron chi connectivity index (χ3n) is 3.21. The summed E-state index contributed by atoms with van der Waals surface area (Å²) in [5, 5.41) is 4.66. The van der Waals surface area contributed by atoms with Crippen LogP contribution in [0, 0.1) is 0 Å². The van der Waals surface area contributed by atoms with Crippen LogP contribution in [0.2, 0.25) is 0 Å². The molecule has 1 unspecified atom stereocenters. The van der Waals surface area contributed by atoms with Gasteiger partial charge in [-0.05, 0) is 37.4 Å². The number of benzene rings is 1. The average molecular weight is 298 g/mol. The van der Waals surface area contributed by atoms with Gasteiger partial charge in [-0.15, -0.1) is 0 Å². The van der Waals surface area contributed by atoms with Gasteiger partial charge in [0.05, 0.1) is 6.61 Å². The first kappa shape index (κ1) is 12.9. The number of nitrogens with one attached hydrogen (secondary N) is 1. The molecule has 0 spiro atoms. The van der Waals surface area contributed by atoms with E-state index < -0.39 is 0 Å². The van der Waals surface area contributed by atoms with E-state index in [-0.39, 0.29) is 0 Å². The van der Waals surface area contributed by atoms with Gasteiger partial charge in [0, 0.05) is 17.8 Å². The fourth-order valence-corrected chi connectivity index (χ4v) is 2.65. The second kappa shape index (κ2) is 7.02. The molecule has 1 aromatic carbocycles. The van der Waals surface area contributed by atoms with Crippen molar-refractivity contribution in [3.05, 3.63) is 29.8 Å². The lowest BCUT2D eigenvalue weighted by atomic mass is 9.93. The summed E-state index contributed by atoms with van der Waals surface area (Å²) in [5.74, 6) is 1.69. The van der Waals surface area contributed by atoms with Crippen LogP contribution in [-0.4, -0.2) is 25.0 Å². The number of hydrogen-bond acceptors (Lipinski definition) is 2. The Morgan fingerprint density at radius 1 is 1.29 bits per heavy atom. The van der Waals surface area contributed by atoms with E-state index in [4.69, 9.17) is 4.74 Å². The number of fused-ring (bicyclic) bond motifs is 1. The fraction of sp³-hybridized carbons (Fsp3) is 0.571. The molecule has 0 saturated carbocycles. The van der Waals surface area contributed by atoms with Crippen molar-refractivity contribution in [3.8, 4) is 5.75 Å². The van der Waals surface area contributed by atoms with Crippen LogP contribution in [0.5, 0.6) is 5.75 Å². The van der Waals surface area contributed by atoms with Crippen molar-refractivity contribution in [3.63, 3.8) is 0 Å². The largest absolute Gasteiger partial charge is 0.493 e. The van der Waals surface area contributed by atoms with Gasteiger partial charge in [0.1, 0.15) is 5.75 Å². The predicted molar refractivity (Wildman–Crippen MR) is 75.2 cm³/mol.